The number of para-hydroxylation sites is 2. The Kier molecular flexibility index (Phi) is 12.4. The van der Waals surface area contributed by atoms with E-state index in [0.717, 1.165) is 32.9 Å². The van der Waals surface area contributed by atoms with Crippen LogP contribution >= 0.6 is 23.5 Å². The molecule has 240 valence electrons. The predicted molar refractivity (Wildman–Crippen MR) is 181 cm³/mol. The average molecular weight is 653 g/mol. The van der Waals surface area contributed by atoms with E-state index in [1.165, 1.54) is 23.5 Å². The molecule has 13 heteroatoms. The largest absolute Gasteiger partial charge is 0.480 e. The second-order valence-corrected chi connectivity index (χ2v) is 12.8. The minimum absolute atomic E-state index is 0.0645. The third kappa shape index (κ3) is 9.05. The highest BCUT2D eigenvalue weighted by molar-refractivity contribution is 7.98. The van der Waals surface area contributed by atoms with E-state index in [1.807, 2.05) is 67.2 Å². The first-order valence-electron chi connectivity index (χ1n) is 14.7. The summed E-state index contributed by atoms with van der Waals surface area (Å²) in [6.07, 6.45) is 8.29. The number of thioether (sulfide) groups is 2. The minimum atomic E-state index is -1.21. The summed E-state index contributed by atoms with van der Waals surface area (Å²) < 4.78 is 0. The minimum Gasteiger partial charge on any atom is -0.480 e. The number of nitrogens with one attached hydrogen (secondary N) is 5. The molecule has 0 aliphatic carbocycles. The van der Waals surface area contributed by atoms with Gasteiger partial charge in [0.1, 0.15) is 18.1 Å². The van der Waals surface area contributed by atoms with Gasteiger partial charge in [-0.05, 0) is 66.5 Å². The van der Waals surface area contributed by atoms with Crippen LogP contribution in [0.3, 0.4) is 0 Å². The van der Waals surface area contributed by atoms with E-state index < -0.39 is 47.9 Å². The third-order valence-corrected chi connectivity index (χ3v) is 8.94. The van der Waals surface area contributed by atoms with Gasteiger partial charge in [0, 0.05) is 40.6 Å². The van der Waals surface area contributed by atoms with Gasteiger partial charge in [-0.15, -0.1) is 0 Å². The number of hydrogen-bond donors (Lipinski definition) is 7. The molecule has 0 bridgehead atoms. The van der Waals surface area contributed by atoms with Gasteiger partial charge >= 0.3 is 5.97 Å². The molecule has 2 aromatic carbocycles. The molecule has 0 aliphatic rings. The summed E-state index contributed by atoms with van der Waals surface area (Å²) in [6, 6.07) is 11.2. The van der Waals surface area contributed by atoms with Crippen LogP contribution in [0.25, 0.3) is 21.8 Å². The molecule has 4 aromatic rings. The fourth-order valence-corrected chi connectivity index (χ4v) is 6.13. The van der Waals surface area contributed by atoms with Crippen LogP contribution in [0.1, 0.15) is 24.0 Å². The molecule has 4 unspecified atom stereocenters. The van der Waals surface area contributed by atoms with Gasteiger partial charge in [-0.1, -0.05) is 36.4 Å². The van der Waals surface area contributed by atoms with Crippen molar-refractivity contribution in [2.75, 3.05) is 24.0 Å². The van der Waals surface area contributed by atoms with Gasteiger partial charge in [0.05, 0.1) is 6.04 Å². The molecular formula is C32H40N6O5S2. The Hall–Kier alpha value is -3.94. The number of rotatable bonds is 17. The van der Waals surface area contributed by atoms with Crippen molar-refractivity contribution < 1.29 is 24.3 Å². The number of carbonyl (C=O) groups excluding carboxylic acids is 3. The van der Waals surface area contributed by atoms with Gasteiger partial charge in [-0.2, -0.15) is 23.5 Å². The molecule has 2 aromatic heterocycles. The Balaban J connectivity index is 1.42. The van der Waals surface area contributed by atoms with Crippen molar-refractivity contribution in [1.29, 1.82) is 0 Å². The number of carboxylic acids is 1. The summed E-state index contributed by atoms with van der Waals surface area (Å²) in [7, 11) is 0. The average Bonchev–Trinajstić information content (AvgIpc) is 3.64. The Bertz CT molecular complexity index is 1620. The summed E-state index contributed by atoms with van der Waals surface area (Å²) in [6.45, 7) is 0. The van der Waals surface area contributed by atoms with Crippen LogP contribution in [0.15, 0.2) is 60.9 Å². The first-order chi connectivity index (χ1) is 21.7. The van der Waals surface area contributed by atoms with Crippen LogP contribution in [0.5, 0.6) is 0 Å². The lowest BCUT2D eigenvalue weighted by molar-refractivity contribution is -0.142. The summed E-state index contributed by atoms with van der Waals surface area (Å²) in [4.78, 5) is 58.6. The zero-order chi connectivity index (χ0) is 32.3. The highest BCUT2D eigenvalue weighted by atomic mass is 32.2. The maximum absolute atomic E-state index is 13.5. The number of aliphatic carboxylic acids is 1. The molecular weight excluding hydrogens is 613 g/mol. The number of hydrogen-bond acceptors (Lipinski definition) is 7. The highest BCUT2D eigenvalue weighted by Gasteiger charge is 2.30. The Morgan fingerprint density at radius 2 is 1.16 bits per heavy atom. The van der Waals surface area contributed by atoms with E-state index in [0.29, 0.717) is 17.9 Å². The lowest BCUT2D eigenvalue weighted by Gasteiger charge is -2.25. The van der Waals surface area contributed by atoms with Gasteiger partial charge in [0.15, 0.2) is 0 Å². The van der Waals surface area contributed by atoms with Crippen LogP contribution in [0.2, 0.25) is 0 Å². The van der Waals surface area contributed by atoms with Crippen molar-refractivity contribution >= 4 is 69.0 Å². The number of fused-ring (bicyclic) bond motifs is 2. The number of carboxylic acid groups (broad SMARTS) is 1. The quantitative estimate of drug-likeness (QED) is 0.0909. The number of benzene rings is 2. The number of nitrogens with two attached hydrogens (primary N) is 1. The molecule has 0 aliphatic heterocycles. The number of H-pyrrole nitrogens is 2. The molecule has 0 fully saturated rings. The lowest BCUT2D eigenvalue weighted by Crippen LogP contribution is -2.57. The van der Waals surface area contributed by atoms with Crippen molar-refractivity contribution in [3.63, 3.8) is 0 Å². The van der Waals surface area contributed by atoms with E-state index in [1.54, 1.807) is 6.20 Å². The fraction of sp³-hybridized carbons (Fsp3) is 0.375. The van der Waals surface area contributed by atoms with Crippen LogP contribution in [-0.4, -0.2) is 86.9 Å². The second kappa shape index (κ2) is 16.4. The summed E-state index contributed by atoms with van der Waals surface area (Å²) in [5.41, 5.74) is 9.74. The molecule has 45 heavy (non-hydrogen) atoms. The molecule has 0 spiro atoms. The number of amides is 3. The van der Waals surface area contributed by atoms with Gasteiger partial charge in [-0.25, -0.2) is 4.79 Å². The van der Waals surface area contributed by atoms with E-state index in [2.05, 4.69) is 25.9 Å². The standard InChI is InChI=1S/C32H40N6O5S2/c1-44-13-11-26(36-29(39)23(33)15-19-17-34-24-9-5-3-7-21(19)24)30(40)37-27(12-14-45-2)31(41)38-28(32(42)43)16-20-18-35-25-10-6-4-8-22(20)25/h3-10,17-18,23,26-28,34-35H,11-16,33H2,1-2H3,(H,36,39)(H,37,40)(H,38,41)(H,42,43). The van der Waals surface area contributed by atoms with Gasteiger partial charge in [0.2, 0.25) is 17.7 Å². The summed E-state index contributed by atoms with van der Waals surface area (Å²) in [5.74, 6) is -1.65. The topological polar surface area (TPSA) is 182 Å². The summed E-state index contributed by atoms with van der Waals surface area (Å²) in [5, 5.41) is 20.0. The molecule has 11 nitrogen and oxygen atoms in total. The summed E-state index contributed by atoms with van der Waals surface area (Å²) >= 11 is 3.02. The molecule has 0 radical (unpaired) electrons. The SMILES string of the molecule is CSCCC(NC(=O)C(N)Cc1c[nH]c2ccccc12)C(=O)NC(CCSC)C(=O)NC(Cc1c[nH]c2ccccc12)C(=O)O. The van der Waals surface area contributed by atoms with Crippen LogP contribution < -0.4 is 21.7 Å². The zero-order valence-electron chi connectivity index (χ0n) is 25.3. The maximum atomic E-state index is 13.5. The number of aromatic amines is 2. The van der Waals surface area contributed by atoms with Crippen LogP contribution in [0.4, 0.5) is 0 Å². The molecule has 0 saturated carbocycles. The lowest BCUT2D eigenvalue weighted by atomic mass is 10.0. The normalized spacial score (nSPS) is 14.0. The molecule has 3 amide bonds. The Morgan fingerprint density at radius 1 is 0.711 bits per heavy atom. The van der Waals surface area contributed by atoms with Crippen molar-refractivity contribution in [1.82, 2.24) is 25.9 Å². The number of carbonyl (C=O) groups is 4. The molecule has 2 heterocycles. The molecule has 4 rings (SSSR count). The Morgan fingerprint density at radius 3 is 1.64 bits per heavy atom. The van der Waals surface area contributed by atoms with Crippen molar-refractivity contribution in [2.45, 2.75) is 49.9 Å². The first kappa shape index (κ1) is 33.9. The van der Waals surface area contributed by atoms with Crippen molar-refractivity contribution in [2.24, 2.45) is 5.73 Å². The monoisotopic (exact) mass is 652 g/mol. The van der Waals surface area contributed by atoms with Crippen LogP contribution in [-0.2, 0) is 32.0 Å². The van der Waals surface area contributed by atoms with Gasteiger partial charge in [0.25, 0.3) is 0 Å². The second-order valence-electron chi connectivity index (χ2n) is 10.8. The third-order valence-electron chi connectivity index (χ3n) is 7.65. The van der Waals surface area contributed by atoms with E-state index in [9.17, 15) is 24.3 Å². The van der Waals surface area contributed by atoms with E-state index in [-0.39, 0.29) is 19.3 Å². The highest BCUT2D eigenvalue weighted by Crippen LogP contribution is 2.20. The predicted octanol–water partition coefficient (Wildman–Crippen LogP) is 2.81. The zero-order valence-corrected chi connectivity index (χ0v) is 26.9. The molecule has 8 N–H and O–H groups in total. The van der Waals surface area contributed by atoms with E-state index in [4.69, 9.17) is 5.73 Å². The fourth-order valence-electron chi connectivity index (χ4n) is 5.18. The number of aromatic nitrogens is 2. The molecule has 0 saturated heterocycles. The van der Waals surface area contributed by atoms with Crippen molar-refractivity contribution in [3.05, 3.63) is 72.1 Å². The first-order valence-corrected chi connectivity index (χ1v) is 17.5. The van der Waals surface area contributed by atoms with Crippen LogP contribution in [0, 0.1) is 0 Å². The maximum Gasteiger partial charge on any atom is 0.326 e. The van der Waals surface area contributed by atoms with E-state index >= 15 is 0 Å². The van der Waals surface area contributed by atoms with Crippen molar-refractivity contribution in [3.8, 4) is 0 Å². The van der Waals surface area contributed by atoms with Gasteiger partial charge in [-0.3, -0.25) is 14.4 Å². The smallest absolute Gasteiger partial charge is 0.326 e. The molecule has 4 atom stereocenters. The Labute approximate surface area is 270 Å². The van der Waals surface area contributed by atoms with Gasteiger partial charge < -0.3 is 36.8 Å².